The minimum absolute atomic E-state index is 0.136. The zero-order chi connectivity index (χ0) is 13.9. The normalized spacial score (nSPS) is 19.3. The lowest BCUT2D eigenvalue weighted by Crippen LogP contribution is -2.43. The third kappa shape index (κ3) is 3.30. The van der Waals surface area contributed by atoms with Gasteiger partial charge in [-0.2, -0.15) is 0 Å². The summed E-state index contributed by atoms with van der Waals surface area (Å²) in [5, 5.41) is 0. The quantitative estimate of drug-likeness (QED) is 0.776. The van der Waals surface area contributed by atoms with E-state index in [1.165, 1.54) is 19.1 Å². The number of hydrogen-bond donors (Lipinski definition) is 0. The second-order valence-corrected chi connectivity index (χ2v) is 7.24. The molecule has 0 aromatic heterocycles. The van der Waals surface area contributed by atoms with Crippen molar-refractivity contribution >= 4 is 15.7 Å². The Kier molecular flexibility index (Phi) is 4.50. The number of benzene rings is 1. The van der Waals surface area contributed by atoms with Crippen molar-refractivity contribution < 1.29 is 8.42 Å². The maximum atomic E-state index is 12.1. The minimum atomic E-state index is -3.19. The second-order valence-electron chi connectivity index (χ2n) is 5.38. The van der Waals surface area contributed by atoms with Crippen molar-refractivity contribution in [3.63, 3.8) is 0 Å². The molecule has 3 nitrogen and oxygen atoms in total. The fourth-order valence-electron chi connectivity index (χ4n) is 2.91. The van der Waals surface area contributed by atoms with Crippen LogP contribution in [-0.2, 0) is 16.4 Å². The van der Waals surface area contributed by atoms with Gasteiger partial charge in [-0.15, -0.1) is 0 Å². The summed E-state index contributed by atoms with van der Waals surface area (Å²) < 4.78 is 25.9. The molecule has 1 atom stereocenters. The molecule has 0 amide bonds. The third-order valence-electron chi connectivity index (χ3n) is 3.81. The monoisotopic (exact) mass is 281 g/mol. The van der Waals surface area contributed by atoms with E-state index in [2.05, 4.69) is 6.92 Å². The minimum Gasteiger partial charge on any atom is -0.267 e. The highest BCUT2D eigenvalue weighted by atomic mass is 32.2. The van der Waals surface area contributed by atoms with Gasteiger partial charge in [0.1, 0.15) is 0 Å². The van der Waals surface area contributed by atoms with Gasteiger partial charge in [-0.1, -0.05) is 44.4 Å². The van der Waals surface area contributed by atoms with Crippen molar-refractivity contribution in [1.82, 2.24) is 0 Å². The van der Waals surface area contributed by atoms with Gasteiger partial charge in [-0.3, -0.25) is 4.31 Å². The molecule has 1 aromatic carbocycles. The van der Waals surface area contributed by atoms with Crippen LogP contribution in [0.3, 0.4) is 0 Å². The highest BCUT2D eigenvalue weighted by Crippen LogP contribution is 2.34. The Labute approximate surface area is 116 Å². The molecule has 0 N–H and O–H groups in total. The Morgan fingerprint density at radius 2 is 2.00 bits per heavy atom. The number of aryl methyl sites for hydroxylation is 1. The van der Waals surface area contributed by atoms with E-state index in [0.717, 1.165) is 36.9 Å². The Hall–Kier alpha value is -1.03. The van der Waals surface area contributed by atoms with Crippen molar-refractivity contribution in [3.05, 3.63) is 29.8 Å². The first kappa shape index (κ1) is 14.4. The summed E-state index contributed by atoms with van der Waals surface area (Å²) in [6, 6.07) is 8.01. The molecule has 1 heterocycles. The molecule has 0 saturated carbocycles. The second kappa shape index (κ2) is 5.95. The van der Waals surface area contributed by atoms with Crippen LogP contribution in [-0.4, -0.2) is 20.7 Å². The maximum absolute atomic E-state index is 12.1. The average Bonchev–Trinajstić information content (AvgIpc) is 2.37. The first-order valence-electron chi connectivity index (χ1n) is 7.11. The van der Waals surface area contributed by atoms with Gasteiger partial charge in [-0.05, 0) is 30.9 Å². The van der Waals surface area contributed by atoms with E-state index in [9.17, 15) is 8.42 Å². The first-order chi connectivity index (χ1) is 9.04. The molecule has 2 rings (SSSR count). The molecule has 0 bridgehead atoms. The SMILES string of the molecule is CCCCC[C@H]1CCc2ccccc2N1S(C)(=O)=O. The van der Waals surface area contributed by atoms with Crippen LogP contribution >= 0.6 is 0 Å². The molecule has 106 valence electrons. The number of unbranched alkanes of at least 4 members (excludes halogenated alkanes) is 2. The molecule has 0 spiro atoms. The fourth-order valence-corrected chi connectivity index (χ4v) is 4.20. The van der Waals surface area contributed by atoms with Gasteiger partial charge in [0.25, 0.3) is 0 Å². The highest BCUT2D eigenvalue weighted by molar-refractivity contribution is 7.92. The Morgan fingerprint density at radius 3 is 2.68 bits per heavy atom. The van der Waals surface area contributed by atoms with Crippen LogP contribution in [0.1, 0.15) is 44.6 Å². The molecular weight excluding hydrogens is 258 g/mol. The van der Waals surface area contributed by atoms with Crippen LogP contribution in [0.15, 0.2) is 24.3 Å². The zero-order valence-electron chi connectivity index (χ0n) is 11.8. The Balaban J connectivity index is 2.27. The largest absolute Gasteiger partial charge is 0.267 e. The highest BCUT2D eigenvalue weighted by Gasteiger charge is 2.31. The van der Waals surface area contributed by atoms with E-state index in [1.54, 1.807) is 4.31 Å². The molecular formula is C15H23NO2S. The van der Waals surface area contributed by atoms with E-state index >= 15 is 0 Å². The van der Waals surface area contributed by atoms with Crippen LogP contribution in [0.5, 0.6) is 0 Å². The lowest BCUT2D eigenvalue weighted by atomic mass is 9.95. The summed E-state index contributed by atoms with van der Waals surface area (Å²) in [7, 11) is -3.19. The maximum Gasteiger partial charge on any atom is 0.232 e. The number of nitrogens with zero attached hydrogens (tertiary/aromatic N) is 1. The number of anilines is 1. The van der Waals surface area contributed by atoms with Gasteiger partial charge in [0, 0.05) is 6.04 Å². The molecule has 4 heteroatoms. The third-order valence-corrected chi connectivity index (χ3v) is 5.02. The first-order valence-corrected chi connectivity index (χ1v) is 8.96. The van der Waals surface area contributed by atoms with Crippen LogP contribution in [0, 0.1) is 0 Å². The summed E-state index contributed by atoms with van der Waals surface area (Å²) in [5.41, 5.74) is 2.04. The Morgan fingerprint density at radius 1 is 1.26 bits per heavy atom. The average molecular weight is 281 g/mol. The van der Waals surface area contributed by atoms with Gasteiger partial charge >= 0.3 is 0 Å². The molecule has 0 aliphatic carbocycles. The predicted molar refractivity (Wildman–Crippen MR) is 80.0 cm³/mol. The molecule has 0 unspecified atom stereocenters. The summed E-state index contributed by atoms with van der Waals surface area (Å²) >= 11 is 0. The summed E-state index contributed by atoms with van der Waals surface area (Å²) in [5.74, 6) is 0. The number of fused-ring (bicyclic) bond motifs is 1. The molecule has 1 aromatic rings. The number of hydrogen-bond acceptors (Lipinski definition) is 2. The van der Waals surface area contributed by atoms with Crippen molar-refractivity contribution in [1.29, 1.82) is 0 Å². The number of sulfonamides is 1. The molecule has 1 aliphatic rings. The van der Waals surface area contributed by atoms with Crippen molar-refractivity contribution in [2.75, 3.05) is 10.6 Å². The lowest BCUT2D eigenvalue weighted by Gasteiger charge is -2.37. The Bertz CT molecular complexity index is 525. The standard InChI is InChI=1S/C15H23NO2S/c1-3-4-5-9-14-12-11-13-8-6-7-10-15(13)16(14)19(2,17)18/h6-8,10,14H,3-5,9,11-12H2,1-2H3/t14-/m0/s1. The fraction of sp³-hybridized carbons (Fsp3) is 0.600. The van der Waals surface area contributed by atoms with E-state index in [0.29, 0.717) is 0 Å². The molecule has 19 heavy (non-hydrogen) atoms. The van der Waals surface area contributed by atoms with Gasteiger partial charge in [0.05, 0.1) is 11.9 Å². The lowest BCUT2D eigenvalue weighted by molar-refractivity contribution is 0.503. The van der Waals surface area contributed by atoms with Gasteiger partial charge < -0.3 is 0 Å². The number of rotatable bonds is 5. The van der Waals surface area contributed by atoms with Crippen molar-refractivity contribution in [3.8, 4) is 0 Å². The van der Waals surface area contributed by atoms with E-state index in [4.69, 9.17) is 0 Å². The van der Waals surface area contributed by atoms with E-state index < -0.39 is 10.0 Å². The summed E-state index contributed by atoms with van der Waals surface area (Å²) in [6.07, 6.45) is 7.66. The van der Waals surface area contributed by atoms with E-state index in [1.807, 2.05) is 24.3 Å². The zero-order valence-corrected chi connectivity index (χ0v) is 12.6. The molecule has 0 fully saturated rings. The summed E-state index contributed by atoms with van der Waals surface area (Å²) in [6.45, 7) is 2.17. The van der Waals surface area contributed by atoms with Crippen LogP contribution < -0.4 is 4.31 Å². The molecule has 0 saturated heterocycles. The summed E-state index contributed by atoms with van der Waals surface area (Å²) in [4.78, 5) is 0. The van der Waals surface area contributed by atoms with E-state index in [-0.39, 0.29) is 6.04 Å². The van der Waals surface area contributed by atoms with Crippen molar-refractivity contribution in [2.45, 2.75) is 51.5 Å². The molecule has 0 radical (unpaired) electrons. The smallest absolute Gasteiger partial charge is 0.232 e. The van der Waals surface area contributed by atoms with Gasteiger partial charge in [0.2, 0.25) is 10.0 Å². The predicted octanol–water partition coefficient (Wildman–Crippen LogP) is 3.35. The topological polar surface area (TPSA) is 37.4 Å². The van der Waals surface area contributed by atoms with Gasteiger partial charge in [-0.25, -0.2) is 8.42 Å². The van der Waals surface area contributed by atoms with Gasteiger partial charge in [0.15, 0.2) is 0 Å². The van der Waals surface area contributed by atoms with Crippen LogP contribution in [0.2, 0.25) is 0 Å². The molecule has 1 aliphatic heterocycles. The van der Waals surface area contributed by atoms with Crippen molar-refractivity contribution in [2.24, 2.45) is 0 Å². The van der Waals surface area contributed by atoms with Crippen LogP contribution in [0.25, 0.3) is 0 Å². The number of para-hydroxylation sites is 1. The van der Waals surface area contributed by atoms with Crippen LogP contribution in [0.4, 0.5) is 5.69 Å².